The molecule has 3 N–H and O–H groups in total. The summed E-state index contributed by atoms with van der Waals surface area (Å²) in [7, 11) is 0. The Morgan fingerprint density at radius 1 is 0.938 bits per heavy atom. The molecule has 0 saturated heterocycles. The molecule has 2 amide bonds. The van der Waals surface area contributed by atoms with Crippen LogP contribution in [0, 0.1) is 6.92 Å². The van der Waals surface area contributed by atoms with Crippen LogP contribution in [0.3, 0.4) is 0 Å². The standard InChI is InChI=1S/C10H12ClNO2.C10H12ClNO.CO2.B.Na.H/c1-2-10(14)12-9-5-3-4-8(11)7(9)6-13;1-3-10(13)12-9-6-4-5-8(11)7(9)2;2-1-3;;;/h3-5,13H,2,6H2,1H3,(H,12,14);4-6H,3H2,1-2H3,(H,12,13);;;;/q;;;;+1;-1. The van der Waals surface area contributed by atoms with Crippen molar-refractivity contribution >= 4 is 61.0 Å². The minimum atomic E-state index is -0.182. The maximum absolute atomic E-state index is 11.1. The number of benzene rings is 2. The first-order valence-corrected chi connectivity index (χ1v) is 9.73. The number of hydrogen-bond acceptors (Lipinski definition) is 5. The monoisotopic (exact) mass is 489 g/mol. The van der Waals surface area contributed by atoms with Gasteiger partial charge in [-0.2, -0.15) is 9.59 Å². The zero-order valence-electron chi connectivity index (χ0n) is 19.5. The fraction of sp³-hybridized carbons (Fsp3) is 0.286. The van der Waals surface area contributed by atoms with Crippen molar-refractivity contribution in [1.82, 2.24) is 0 Å². The van der Waals surface area contributed by atoms with Crippen LogP contribution in [-0.2, 0) is 25.8 Å². The van der Waals surface area contributed by atoms with E-state index in [2.05, 4.69) is 10.6 Å². The van der Waals surface area contributed by atoms with Crippen LogP contribution < -0.4 is 40.2 Å². The van der Waals surface area contributed by atoms with Crippen LogP contribution in [-0.4, -0.2) is 31.5 Å². The molecule has 2 aromatic rings. The Kier molecular flexibility index (Phi) is 21.9. The second-order valence-corrected chi connectivity index (χ2v) is 6.54. The number of anilines is 2. The van der Waals surface area contributed by atoms with Crippen LogP contribution in [0.4, 0.5) is 11.4 Å². The van der Waals surface area contributed by atoms with Gasteiger partial charge >= 0.3 is 35.7 Å². The molecule has 0 spiro atoms. The van der Waals surface area contributed by atoms with Crippen molar-refractivity contribution in [3.63, 3.8) is 0 Å². The summed E-state index contributed by atoms with van der Waals surface area (Å²) >= 11 is 11.7. The maximum Gasteiger partial charge on any atom is 1.00 e. The predicted molar refractivity (Wildman–Crippen MR) is 123 cm³/mol. The first kappa shape index (κ1) is 35.0. The zero-order valence-corrected chi connectivity index (χ0v) is 22.0. The maximum atomic E-state index is 11.1. The van der Waals surface area contributed by atoms with Gasteiger partial charge in [-0.15, -0.1) is 0 Å². The van der Waals surface area contributed by atoms with Crippen molar-refractivity contribution in [2.24, 2.45) is 0 Å². The van der Waals surface area contributed by atoms with Crippen molar-refractivity contribution in [2.45, 2.75) is 40.2 Å². The van der Waals surface area contributed by atoms with E-state index in [1.165, 1.54) is 0 Å². The van der Waals surface area contributed by atoms with Crippen molar-refractivity contribution in [3.05, 3.63) is 57.6 Å². The molecule has 0 aromatic heterocycles. The van der Waals surface area contributed by atoms with Crippen LogP contribution in [0.15, 0.2) is 36.4 Å². The van der Waals surface area contributed by atoms with E-state index in [0.29, 0.717) is 34.1 Å². The first-order valence-electron chi connectivity index (χ1n) is 8.97. The fourth-order valence-corrected chi connectivity index (χ4v) is 2.47. The number of amides is 2. The van der Waals surface area contributed by atoms with Gasteiger partial charge < -0.3 is 17.2 Å². The quantitative estimate of drug-likeness (QED) is 0.548. The summed E-state index contributed by atoms with van der Waals surface area (Å²) in [5, 5.41) is 15.6. The zero-order chi connectivity index (χ0) is 23.1. The molecule has 3 radical (unpaired) electrons. The molecule has 11 heteroatoms. The fourth-order valence-electron chi connectivity index (χ4n) is 2.06. The normalized spacial score (nSPS) is 8.56. The minimum absolute atomic E-state index is 0. The van der Waals surface area contributed by atoms with Crippen molar-refractivity contribution in [2.75, 3.05) is 10.6 Å². The number of aliphatic hydroxyl groups excluding tert-OH is 1. The molecule has 0 aliphatic carbocycles. The van der Waals surface area contributed by atoms with E-state index >= 15 is 0 Å². The third kappa shape index (κ3) is 13.0. The summed E-state index contributed by atoms with van der Waals surface area (Å²) in [5.74, 6) is -0.0904. The molecule has 7 nitrogen and oxygen atoms in total. The third-order valence-corrected chi connectivity index (χ3v) is 4.50. The average molecular weight is 490 g/mol. The van der Waals surface area contributed by atoms with E-state index in [0.717, 1.165) is 11.3 Å². The summed E-state index contributed by atoms with van der Waals surface area (Å²) < 4.78 is 0. The molecule has 0 aliphatic heterocycles. The van der Waals surface area contributed by atoms with Crippen LogP contribution in [0.5, 0.6) is 0 Å². The van der Waals surface area contributed by atoms with Gasteiger partial charge in [-0.1, -0.05) is 49.2 Å². The van der Waals surface area contributed by atoms with Crippen LogP contribution in [0.25, 0.3) is 0 Å². The van der Waals surface area contributed by atoms with Gasteiger partial charge in [-0.25, -0.2) is 0 Å². The van der Waals surface area contributed by atoms with Gasteiger partial charge in [0, 0.05) is 48.2 Å². The molecule has 32 heavy (non-hydrogen) atoms. The van der Waals surface area contributed by atoms with Gasteiger partial charge in [0.25, 0.3) is 0 Å². The summed E-state index contributed by atoms with van der Waals surface area (Å²) in [6.45, 7) is 5.28. The molecule has 0 bridgehead atoms. The van der Waals surface area contributed by atoms with Crippen LogP contribution in [0.2, 0.25) is 10.0 Å². The molecule has 0 unspecified atom stereocenters. The molecule has 2 aromatic carbocycles. The topological polar surface area (TPSA) is 113 Å². The summed E-state index contributed by atoms with van der Waals surface area (Å²) in [5.41, 5.74) is 2.83. The van der Waals surface area contributed by atoms with Gasteiger partial charge in [-0.3, -0.25) is 9.59 Å². The number of halogens is 2. The minimum Gasteiger partial charge on any atom is -1.00 e. The molecule has 0 saturated carbocycles. The Balaban J connectivity index is -0.000000211. The Morgan fingerprint density at radius 3 is 1.78 bits per heavy atom. The SMILES string of the molecule is CCC(=O)Nc1cccc(Cl)c1C.CCC(=O)Nc1cccc(Cl)c1CO.O=C=O.[B].[H-].[Na+]. The Hall–Kier alpha value is -1.64. The molecule has 0 aliphatic rings. The van der Waals surface area contributed by atoms with E-state index < -0.39 is 0 Å². The Labute approximate surface area is 223 Å². The van der Waals surface area contributed by atoms with E-state index in [-0.39, 0.29) is 64.0 Å². The van der Waals surface area contributed by atoms with Crippen LogP contribution >= 0.6 is 23.2 Å². The first-order chi connectivity index (χ1) is 14.2. The number of carbonyl (C=O) groups excluding carboxylic acids is 4. The predicted octanol–water partition coefficient (Wildman–Crippen LogP) is 1.33. The van der Waals surface area contributed by atoms with E-state index in [9.17, 15) is 9.59 Å². The van der Waals surface area contributed by atoms with Crippen LogP contribution in [0.1, 0.15) is 39.2 Å². The van der Waals surface area contributed by atoms with E-state index in [1.807, 2.05) is 26.0 Å². The molecule has 0 heterocycles. The third-order valence-electron chi connectivity index (χ3n) is 3.74. The van der Waals surface area contributed by atoms with Gasteiger partial charge in [0.1, 0.15) is 0 Å². The van der Waals surface area contributed by atoms with Gasteiger partial charge in [0.15, 0.2) is 0 Å². The molecule has 2 rings (SSSR count). The van der Waals surface area contributed by atoms with E-state index in [4.69, 9.17) is 37.9 Å². The molecule has 0 atom stereocenters. The summed E-state index contributed by atoms with van der Waals surface area (Å²) in [6, 6.07) is 10.6. The average Bonchev–Trinajstić information content (AvgIpc) is 2.72. The number of hydrogen-bond donors (Lipinski definition) is 3. The molecular formula is C21H25BCl2N2NaO5. The van der Waals surface area contributed by atoms with E-state index in [1.54, 1.807) is 31.2 Å². The van der Waals surface area contributed by atoms with Crippen molar-refractivity contribution < 1.29 is 55.3 Å². The van der Waals surface area contributed by atoms with Gasteiger partial charge in [-0.05, 0) is 36.8 Å². The van der Waals surface area contributed by atoms with Crippen molar-refractivity contribution in [1.29, 1.82) is 0 Å². The second-order valence-electron chi connectivity index (χ2n) is 5.72. The largest absolute Gasteiger partial charge is 1.00 e. The smallest absolute Gasteiger partial charge is 1.00 e. The summed E-state index contributed by atoms with van der Waals surface area (Å²) in [4.78, 5) is 38.5. The number of carbonyl (C=O) groups is 2. The Morgan fingerprint density at radius 2 is 1.34 bits per heavy atom. The molecule has 167 valence electrons. The van der Waals surface area contributed by atoms with Gasteiger partial charge in [0.2, 0.25) is 11.8 Å². The number of nitrogens with one attached hydrogen (secondary N) is 2. The van der Waals surface area contributed by atoms with Gasteiger partial charge in [0.05, 0.1) is 6.61 Å². The Bertz CT molecular complexity index is 901. The molecule has 0 fully saturated rings. The van der Waals surface area contributed by atoms with Crippen molar-refractivity contribution in [3.8, 4) is 0 Å². The number of aliphatic hydroxyl groups is 1. The molecular weight excluding hydrogens is 465 g/mol. The number of rotatable bonds is 5. The summed E-state index contributed by atoms with van der Waals surface area (Å²) in [6.07, 6.45) is 1.13. The second kappa shape index (κ2) is 20.0.